The second-order valence-electron chi connectivity index (χ2n) is 6.35. The van der Waals surface area contributed by atoms with Crippen LogP contribution < -0.4 is 5.32 Å². The van der Waals surface area contributed by atoms with Crippen molar-refractivity contribution in [2.75, 3.05) is 27.2 Å². The van der Waals surface area contributed by atoms with Crippen molar-refractivity contribution in [1.29, 1.82) is 0 Å². The van der Waals surface area contributed by atoms with Gasteiger partial charge in [0.2, 0.25) is 0 Å². The van der Waals surface area contributed by atoms with Crippen LogP contribution in [0.15, 0.2) is 54.6 Å². The number of rotatable bonds is 6. The van der Waals surface area contributed by atoms with Crippen LogP contribution in [0.2, 0.25) is 5.02 Å². The molecule has 0 bridgehead atoms. The van der Waals surface area contributed by atoms with Gasteiger partial charge in [-0.15, -0.1) is 0 Å². The molecule has 0 saturated heterocycles. The van der Waals surface area contributed by atoms with Gasteiger partial charge in [-0.2, -0.15) is 5.10 Å². The van der Waals surface area contributed by atoms with Crippen molar-refractivity contribution in [3.05, 3.63) is 71.1 Å². The number of nitrogens with one attached hydrogen (secondary N) is 1. The molecule has 7 heteroatoms. The fourth-order valence-electron chi connectivity index (χ4n) is 2.63. The molecule has 1 amide bonds. The average molecular weight is 387 g/mol. The van der Waals surface area contributed by atoms with E-state index in [4.69, 9.17) is 11.6 Å². The third kappa shape index (κ3) is 4.53. The van der Waals surface area contributed by atoms with Crippen LogP contribution in [0.3, 0.4) is 0 Å². The van der Waals surface area contributed by atoms with Gasteiger partial charge in [-0.05, 0) is 50.5 Å². The number of nitrogens with zero attached hydrogens (tertiary/aromatic N) is 3. The molecule has 0 unspecified atom stereocenters. The molecule has 5 nitrogen and oxygen atoms in total. The van der Waals surface area contributed by atoms with E-state index in [-0.39, 0.29) is 5.91 Å². The molecule has 0 radical (unpaired) electrons. The molecule has 1 aromatic heterocycles. The minimum atomic E-state index is -0.396. The zero-order valence-corrected chi connectivity index (χ0v) is 15.9. The summed E-state index contributed by atoms with van der Waals surface area (Å²) in [5, 5.41) is 7.85. The Morgan fingerprint density at radius 1 is 1.19 bits per heavy atom. The van der Waals surface area contributed by atoms with Gasteiger partial charge in [-0.1, -0.05) is 29.8 Å². The van der Waals surface area contributed by atoms with E-state index < -0.39 is 5.82 Å². The van der Waals surface area contributed by atoms with E-state index in [2.05, 4.69) is 10.4 Å². The molecule has 140 valence electrons. The molecule has 0 atom stereocenters. The summed E-state index contributed by atoms with van der Waals surface area (Å²) in [6, 6.07) is 14.9. The molecule has 3 aromatic rings. The number of carbonyl (C=O) groups is 1. The number of hydrogen-bond donors (Lipinski definition) is 1. The second-order valence-corrected chi connectivity index (χ2v) is 6.78. The lowest BCUT2D eigenvalue weighted by atomic mass is 10.1. The van der Waals surface area contributed by atoms with Crippen molar-refractivity contribution >= 4 is 17.5 Å². The Kier molecular flexibility index (Phi) is 5.88. The second kappa shape index (κ2) is 8.33. The first-order valence-corrected chi connectivity index (χ1v) is 8.87. The SMILES string of the molecule is CN(C)CCNC(=O)c1cc(-c2ccccc2F)nn1-c1cccc(Cl)c1. The van der Waals surface area contributed by atoms with Gasteiger partial charge < -0.3 is 10.2 Å². The number of hydrogen-bond acceptors (Lipinski definition) is 3. The van der Waals surface area contributed by atoms with Crippen molar-refractivity contribution in [3.8, 4) is 16.9 Å². The molecule has 1 N–H and O–H groups in total. The Balaban J connectivity index is 2.02. The minimum Gasteiger partial charge on any atom is -0.349 e. The fraction of sp³-hybridized carbons (Fsp3) is 0.200. The predicted molar refractivity (Wildman–Crippen MR) is 105 cm³/mol. The number of carbonyl (C=O) groups excluding carboxylic acids is 1. The first kappa shape index (κ1) is 19.1. The van der Waals surface area contributed by atoms with E-state index in [0.29, 0.717) is 40.8 Å². The van der Waals surface area contributed by atoms with Gasteiger partial charge in [0.1, 0.15) is 11.5 Å². The fourth-order valence-corrected chi connectivity index (χ4v) is 2.82. The summed E-state index contributed by atoms with van der Waals surface area (Å²) in [7, 11) is 3.86. The maximum absolute atomic E-state index is 14.2. The lowest BCUT2D eigenvalue weighted by Gasteiger charge is -2.11. The molecule has 2 aromatic carbocycles. The molecule has 0 aliphatic heterocycles. The molecular formula is C20H20ClFN4O. The van der Waals surface area contributed by atoms with Gasteiger partial charge in [0.15, 0.2) is 0 Å². The van der Waals surface area contributed by atoms with Gasteiger partial charge in [-0.3, -0.25) is 4.79 Å². The third-order valence-corrected chi connectivity index (χ3v) is 4.22. The van der Waals surface area contributed by atoms with Crippen molar-refractivity contribution < 1.29 is 9.18 Å². The molecule has 0 fully saturated rings. The summed E-state index contributed by atoms with van der Waals surface area (Å²) in [5.41, 5.74) is 1.66. The highest BCUT2D eigenvalue weighted by Gasteiger charge is 2.19. The lowest BCUT2D eigenvalue weighted by molar-refractivity contribution is 0.0943. The standard InChI is InChI=1S/C20H20ClFN4O/c1-25(2)11-10-23-20(27)19-13-18(16-8-3-4-9-17(16)22)24-26(19)15-7-5-6-14(21)12-15/h3-9,12-13H,10-11H2,1-2H3,(H,23,27). The Morgan fingerprint density at radius 2 is 1.96 bits per heavy atom. The number of aromatic nitrogens is 2. The Bertz CT molecular complexity index is 955. The molecular weight excluding hydrogens is 367 g/mol. The van der Waals surface area contributed by atoms with Crippen molar-refractivity contribution in [2.45, 2.75) is 0 Å². The molecule has 0 saturated carbocycles. The molecule has 27 heavy (non-hydrogen) atoms. The van der Waals surface area contributed by atoms with Crippen molar-refractivity contribution in [3.63, 3.8) is 0 Å². The van der Waals surface area contributed by atoms with Crippen LogP contribution in [0.1, 0.15) is 10.5 Å². The highest BCUT2D eigenvalue weighted by molar-refractivity contribution is 6.30. The van der Waals surface area contributed by atoms with Crippen LogP contribution in [0.5, 0.6) is 0 Å². The summed E-state index contributed by atoms with van der Waals surface area (Å²) < 4.78 is 15.7. The van der Waals surface area contributed by atoms with Crippen molar-refractivity contribution in [2.24, 2.45) is 0 Å². The zero-order valence-electron chi connectivity index (χ0n) is 15.1. The Hall–Kier alpha value is -2.70. The van der Waals surface area contributed by atoms with E-state index >= 15 is 0 Å². The van der Waals surface area contributed by atoms with Gasteiger partial charge in [0, 0.05) is 23.7 Å². The van der Waals surface area contributed by atoms with Crippen LogP contribution >= 0.6 is 11.6 Å². The molecule has 0 aliphatic rings. The first-order chi connectivity index (χ1) is 13.0. The quantitative estimate of drug-likeness (QED) is 0.704. The minimum absolute atomic E-state index is 0.285. The lowest BCUT2D eigenvalue weighted by Crippen LogP contribution is -2.32. The largest absolute Gasteiger partial charge is 0.349 e. The van der Waals surface area contributed by atoms with Crippen LogP contribution in [-0.4, -0.2) is 47.8 Å². The van der Waals surface area contributed by atoms with Gasteiger partial charge in [0.25, 0.3) is 5.91 Å². The van der Waals surface area contributed by atoms with E-state index in [1.165, 1.54) is 10.7 Å². The van der Waals surface area contributed by atoms with Crippen LogP contribution in [-0.2, 0) is 0 Å². The van der Waals surface area contributed by atoms with Crippen LogP contribution in [0.4, 0.5) is 4.39 Å². The number of benzene rings is 2. The maximum Gasteiger partial charge on any atom is 0.270 e. The third-order valence-electron chi connectivity index (χ3n) is 3.99. The van der Waals surface area contributed by atoms with Gasteiger partial charge in [-0.25, -0.2) is 9.07 Å². The highest BCUT2D eigenvalue weighted by Crippen LogP contribution is 2.25. The summed E-state index contributed by atoms with van der Waals surface area (Å²) in [6.45, 7) is 1.19. The molecule has 3 rings (SSSR count). The monoisotopic (exact) mass is 386 g/mol. The summed E-state index contributed by atoms with van der Waals surface area (Å²) in [6.07, 6.45) is 0. The highest BCUT2D eigenvalue weighted by atomic mass is 35.5. The first-order valence-electron chi connectivity index (χ1n) is 8.49. The van der Waals surface area contributed by atoms with E-state index in [1.807, 2.05) is 19.0 Å². The topological polar surface area (TPSA) is 50.2 Å². The number of halogens is 2. The molecule has 1 heterocycles. The molecule has 0 aliphatic carbocycles. The smallest absolute Gasteiger partial charge is 0.270 e. The summed E-state index contributed by atoms with van der Waals surface area (Å²) in [4.78, 5) is 14.7. The number of amides is 1. The molecule has 0 spiro atoms. The normalized spacial score (nSPS) is 11.0. The van der Waals surface area contributed by atoms with Crippen LogP contribution in [0.25, 0.3) is 16.9 Å². The Morgan fingerprint density at radius 3 is 2.67 bits per heavy atom. The van der Waals surface area contributed by atoms with E-state index in [9.17, 15) is 9.18 Å². The van der Waals surface area contributed by atoms with Crippen LogP contribution in [0, 0.1) is 5.82 Å². The van der Waals surface area contributed by atoms with E-state index in [1.54, 1.807) is 48.5 Å². The number of likely N-dealkylation sites (N-methyl/N-ethyl adjacent to an activating group) is 1. The zero-order chi connectivity index (χ0) is 19.4. The maximum atomic E-state index is 14.2. The van der Waals surface area contributed by atoms with E-state index in [0.717, 1.165) is 0 Å². The average Bonchev–Trinajstić information content (AvgIpc) is 3.07. The van der Waals surface area contributed by atoms with Gasteiger partial charge >= 0.3 is 0 Å². The Labute approximate surface area is 162 Å². The van der Waals surface area contributed by atoms with Crippen molar-refractivity contribution in [1.82, 2.24) is 20.0 Å². The predicted octanol–water partition coefficient (Wildman–Crippen LogP) is 3.62. The van der Waals surface area contributed by atoms with Gasteiger partial charge in [0.05, 0.1) is 11.4 Å². The summed E-state index contributed by atoms with van der Waals surface area (Å²) in [5.74, 6) is -0.681. The summed E-state index contributed by atoms with van der Waals surface area (Å²) >= 11 is 6.09.